The molecule has 7 heteroatoms. The lowest BCUT2D eigenvalue weighted by Crippen LogP contribution is -2.24. The lowest BCUT2D eigenvalue weighted by molar-refractivity contribution is -0.136. The van der Waals surface area contributed by atoms with Crippen LogP contribution in [0, 0.1) is 0 Å². The molecule has 0 aliphatic carbocycles. The lowest BCUT2D eigenvalue weighted by atomic mass is 10.1. The summed E-state index contributed by atoms with van der Waals surface area (Å²) in [6, 6.07) is 2.92. The fraction of sp³-hybridized carbons (Fsp3) is 0.333. The molecule has 1 aromatic carbocycles. The summed E-state index contributed by atoms with van der Waals surface area (Å²) in [7, 11) is 2.89. The van der Waals surface area contributed by atoms with Crippen LogP contribution < -0.4 is 4.90 Å². The summed E-state index contributed by atoms with van der Waals surface area (Å²) in [6.45, 7) is 0.209. The third kappa shape index (κ3) is 4.01. The maximum atomic E-state index is 11.7. The first-order valence-corrected chi connectivity index (χ1v) is 6.12. The van der Waals surface area contributed by atoms with Crippen molar-refractivity contribution < 1.29 is 19.4 Å². The zero-order valence-electron chi connectivity index (χ0n) is 10.4. The van der Waals surface area contributed by atoms with Crippen LogP contribution in [0.15, 0.2) is 12.1 Å². The van der Waals surface area contributed by atoms with E-state index in [2.05, 4.69) is 4.74 Å². The van der Waals surface area contributed by atoms with Crippen molar-refractivity contribution in [3.05, 3.63) is 27.7 Å². The molecule has 104 valence electrons. The normalized spacial score (nSPS) is 10.1. The summed E-state index contributed by atoms with van der Waals surface area (Å²) in [4.78, 5) is 23.9. The van der Waals surface area contributed by atoms with Crippen molar-refractivity contribution in [2.24, 2.45) is 0 Å². The molecule has 0 radical (unpaired) electrons. The first kappa shape index (κ1) is 15.6. The average Bonchev–Trinajstić information content (AvgIpc) is 2.33. The summed E-state index contributed by atoms with van der Waals surface area (Å²) >= 11 is 11.9. The Bertz CT molecular complexity index is 505. The number of carboxylic acids is 1. The van der Waals surface area contributed by atoms with Gasteiger partial charge in [-0.1, -0.05) is 23.2 Å². The number of anilines is 1. The second-order valence-electron chi connectivity index (χ2n) is 3.84. The maximum Gasteiger partial charge on any atom is 0.340 e. The van der Waals surface area contributed by atoms with E-state index in [0.717, 1.165) is 0 Å². The number of hydrogen-bond donors (Lipinski definition) is 1. The van der Waals surface area contributed by atoms with E-state index >= 15 is 0 Å². The molecule has 0 spiro atoms. The number of hydrogen-bond acceptors (Lipinski definition) is 4. The molecule has 0 atom stereocenters. The fourth-order valence-electron chi connectivity index (χ4n) is 1.59. The van der Waals surface area contributed by atoms with Crippen LogP contribution in [0.4, 0.5) is 5.69 Å². The van der Waals surface area contributed by atoms with Crippen LogP contribution in [0.5, 0.6) is 0 Å². The van der Waals surface area contributed by atoms with Gasteiger partial charge in [0, 0.05) is 18.6 Å². The Morgan fingerprint density at radius 3 is 2.53 bits per heavy atom. The lowest BCUT2D eigenvalue weighted by Gasteiger charge is -2.22. The highest BCUT2D eigenvalue weighted by Crippen LogP contribution is 2.33. The van der Waals surface area contributed by atoms with E-state index < -0.39 is 11.9 Å². The SMILES string of the molecule is COC(=O)c1cc(Cl)cc(Cl)c1N(C)CCC(=O)O. The van der Waals surface area contributed by atoms with E-state index in [-0.39, 0.29) is 23.6 Å². The fourth-order valence-corrected chi connectivity index (χ4v) is 2.23. The summed E-state index contributed by atoms with van der Waals surface area (Å²) in [5.74, 6) is -1.52. The van der Waals surface area contributed by atoms with Crippen LogP contribution in [0.25, 0.3) is 0 Å². The highest BCUT2D eigenvalue weighted by atomic mass is 35.5. The molecule has 0 aliphatic heterocycles. The first-order chi connectivity index (χ1) is 8.86. The van der Waals surface area contributed by atoms with Gasteiger partial charge in [-0.2, -0.15) is 0 Å². The molecule has 0 unspecified atom stereocenters. The number of carboxylic acid groups (broad SMARTS) is 1. The largest absolute Gasteiger partial charge is 0.481 e. The van der Waals surface area contributed by atoms with E-state index in [1.54, 1.807) is 11.9 Å². The number of benzene rings is 1. The van der Waals surface area contributed by atoms with Gasteiger partial charge in [0.2, 0.25) is 0 Å². The van der Waals surface area contributed by atoms with Gasteiger partial charge in [-0.25, -0.2) is 4.79 Å². The number of carbonyl (C=O) groups excluding carboxylic acids is 1. The summed E-state index contributed by atoms with van der Waals surface area (Å²) in [5.41, 5.74) is 0.604. The van der Waals surface area contributed by atoms with Crippen molar-refractivity contribution >= 4 is 40.8 Å². The summed E-state index contributed by atoms with van der Waals surface area (Å²) in [6.07, 6.45) is -0.0733. The molecule has 0 amide bonds. The van der Waals surface area contributed by atoms with Crippen molar-refractivity contribution in [2.45, 2.75) is 6.42 Å². The van der Waals surface area contributed by atoms with E-state index in [1.807, 2.05) is 0 Å². The van der Waals surface area contributed by atoms with E-state index in [4.69, 9.17) is 28.3 Å². The minimum Gasteiger partial charge on any atom is -0.481 e. The smallest absolute Gasteiger partial charge is 0.340 e. The Hall–Kier alpha value is -1.46. The number of ether oxygens (including phenoxy) is 1. The number of halogens is 2. The van der Waals surface area contributed by atoms with Crippen molar-refractivity contribution in [3.63, 3.8) is 0 Å². The number of nitrogens with zero attached hydrogens (tertiary/aromatic N) is 1. The van der Waals surface area contributed by atoms with E-state index in [1.165, 1.54) is 19.2 Å². The molecule has 1 rings (SSSR count). The molecule has 0 aromatic heterocycles. The van der Waals surface area contributed by atoms with Gasteiger partial charge < -0.3 is 14.7 Å². The zero-order valence-corrected chi connectivity index (χ0v) is 12.0. The molecular weight excluding hydrogens is 293 g/mol. The van der Waals surface area contributed by atoms with Crippen LogP contribution in [0.3, 0.4) is 0 Å². The minimum atomic E-state index is -0.934. The van der Waals surface area contributed by atoms with E-state index in [0.29, 0.717) is 10.7 Å². The molecule has 0 saturated heterocycles. The van der Waals surface area contributed by atoms with Gasteiger partial charge >= 0.3 is 11.9 Å². The molecular formula is C12H13Cl2NO4. The van der Waals surface area contributed by atoms with Crippen LogP contribution in [-0.4, -0.2) is 37.7 Å². The van der Waals surface area contributed by atoms with Gasteiger partial charge in [-0.05, 0) is 12.1 Å². The predicted octanol–water partition coefficient (Wildman–Crippen LogP) is 2.69. The van der Waals surface area contributed by atoms with Gasteiger partial charge in [-0.15, -0.1) is 0 Å². The Morgan fingerprint density at radius 1 is 1.37 bits per heavy atom. The Balaban J connectivity index is 3.16. The molecule has 0 saturated carbocycles. The number of carbonyl (C=O) groups is 2. The Labute approximate surface area is 120 Å². The highest BCUT2D eigenvalue weighted by molar-refractivity contribution is 6.37. The molecule has 5 nitrogen and oxygen atoms in total. The van der Waals surface area contributed by atoms with Gasteiger partial charge in [0.15, 0.2) is 0 Å². The van der Waals surface area contributed by atoms with Crippen LogP contribution in [0.1, 0.15) is 16.8 Å². The Kier molecular flexibility index (Phi) is 5.44. The monoisotopic (exact) mass is 305 g/mol. The second kappa shape index (κ2) is 6.63. The van der Waals surface area contributed by atoms with Crippen LogP contribution in [0.2, 0.25) is 10.0 Å². The molecule has 0 aliphatic rings. The van der Waals surface area contributed by atoms with Crippen molar-refractivity contribution in [2.75, 3.05) is 25.6 Å². The van der Waals surface area contributed by atoms with E-state index in [9.17, 15) is 9.59 Å². The zero-order chi connectivity index (χ0) is 14.6. The quantitative estimate of drug-likeness (QED) is 0.847. The molecule has 1 N–H and O–H groups in total. The van der Waals surface area contributed by atoms with Gasteiger partial charge in [0.1, 0.15) is 0 Å². The molecule has 0 fully saturated rings. The highest BCUT2D eigenvalue weighted by Gasteiger charge is 2.19. The second-order valence-corrected chi connectivity index (χ2v) is 4.68. The number of aliphatic carboxylic acids is 1. The van der Waals surface area contributed by atoms with Gasteiger partial charge in [0.25, 0.3) is 0 Å². The minimum absolute atomic E-state index is 0.0733. The van der Waals surface area contributed by atoms with Crippen LogP contribution >= 0.6 is 23.2 Å². The third-order valence-electron chi connectivity index (χ3n) is 2.48. The number of methoxy groups -OCH3 is 1. The predicted molar refractivity (Wildman–Crippen MR) is 73.3 cm³/mol. The van der Waals surface area contributed by atoms with Gasteiger partial charge in [0.05, 0.1) is 29.8 Å². The average molecular weight is 306 g/mol. The maximum absolute atomic E-state index is 11.7. The topological polar surface area (TPSA) is 66.8 Å². The molecule has 1 aromatic rings. The Morgan fingerprint density at radius 2 is 2.00 bits per heavy atom. The van der Waals surface area contributed by atoms with Crippen molar-refractivity contribution in [3.8, 4) is 0 Å². The van der Waals surface area contributed by atoms with Crippen LogP contribution in [-0.2, 0) is 9.53 Å². The number of rotatable bonds is 5. The molecule has 0 bridgehead atoms. The molecule has 0 heterocycles. The standard InChI is InChI=1S/C12H13Cl2NO4/c1-15(4-3-10(16)17)11-8(12(18)19-2)5-7(13)6-9(11)14/h5-6H,3-4H2,1-2H3,(H,16,17). The summed E-state index contributed by atoms with van der Waals surface area (Å²) in [5, 5.41) is 9.25. The van der Waals surface area contributed by atoms with Crippen molar-refractivity contribution in [1.29, 1.82) is 0 Å². The first-order valence-electron chi connectivity index (χ1n) is 5.37. The van der Waals surface area contributed by atoms with Crippen molar-refractivity contribution in [1.82, 2.24) is 0 Å². The molecule has 19 heavy (non-hydrogen) atoms. The van der Waals surface area contributed by atoms with Gasteiger partial charge in [-0.3, -0.25) is 4.79 Å². The third-order valence-corrected chi connectivity index (χ3v) is 2.98. The summed E-state index contributed by atoms with van der Waals surface area (Å²) < 4.78 is 4.66. The number of esters is 1.